The van der Waals surface area contributed by atoms with E-state index in [0.717, 1.165) is 51.6 Å². The van der Waals surface area contributed by atoms with Crippen LogP contribution in [0.25, 0.3) is 0 Å². The lowest BCUT2D eigenvalue weighted by Crippen LogP contribution is -2.48. The molecule has 2 saturated carbocycles. The molecule has 5 heteroatoms. The van der Waals surface area contributed by atoms with Crippen molar-refractivity contribution in [2.45, 2.75) is 56.9 Å². The van der Waals surface area contributed by atoms with Crippen molar-refractivity contribution in [3.8, 4) is 0 Å². The molecule has 1 saturated heterocycles. The highest BCUT2D eigenvalue weighted by Gasteiger charge is 2.41. The lowest BCUT2D eigenvalue weighted by atomic mass is 9.78. The second kappa shape index (κ2) is 9.59. The average molecular weight is 401 g/mol. The van der Waals surface area contributed by atoms with Crippen LogP contribution in [0.1, 0.15) is 56.4 Å². The first-order valence-corrected chi connectivity index (χ1v) is 11.4. The van der Waals surface area contributed by atoms with Crippen LogP contribution in [-0.2, 0) is 9.53 Å². The number of benzene rings is 1. The predicted octanol–water partition coefficient (Wildman–Crippen LogP) is 3.51. The highest BCUT2D eigenvalue weighted by molar-refractivity contribution is 5.66. The van der Waals surface area contributed by atoms with E-state index in [4.69, 9.17) is 9.84 Å². The molecule has 160 valence electrons. The van der Waals surface area contributed by atoms with E-state index in [1.54, 1.807) is 0 Å². The summed E-state index contributed by atoms with van der Waals surface area (Å²) in [6.07, 6.45) is 7.67. The number of carbonyl (C=O) groups is 1. The van der Waals surface area contributed by atoms with Crippen molar-refractivity contribution in [3.05, 3.63) is 35.9 Å². The van der Waals surface area contributed by atoms with Crippen LogP contribution in [0.15, 0.2) is 30.3 Å². The zero-order valence-electron chi connectivity index (χ0n) is 17.5. The zero-order chi connectivity index (χ0) is 20.1. The van der Waals surface area contributed by atoms with E-state index < -0.39 is 5.97 Å². The summed E-state index contributed by atoms with van der Waals surface area (Å²) in [4.78, 5) is 13.2. The molecule has 0 amide bonds. The van der Waals surface area contributed by atoms with Gasteiger partial charge in [0.05, 0.1) is 13.0 Å². The fraction of sp³-hybridized carbons (Fsp3) is 0.708. The quantitative estimate of drug-likeness (QED) is 0.595. The number of nitrogens with one attached hydrogen (secondary N) is 1. The number of hydrogen-bond donors (Lipinski definition) is 2. The summed E-state index contributed by atoms with van der Waals surface area (Å²) in [5, 5.41) is 12.8. The summed E-state index contributed by atoms with van der Waals surface area (Å²) in [5.74, 6) is 0.731. The van der Waals surface area contributed by atoms with Crippen LogP contribution < -0.4 is 5.32 Å². The van der Waals surface area contributed by atoms with E-state index in [-0.39, 0.29) is 11.8 Å². The monoisotopic (exact) mass is 400 g/mol. The Hall–Kier alpha value is -1.43. The van der Waals surface area contributed by atoms with Gasteiger partial charge >= 0.3 is 5.97 Å². The van der Waals surface area contributed by atoms with E-state index in [0.29, 0.717) is 18.5 Å². The van der Waals surface area contributed by atoms with Gasteiger partial charge in [0.2, 0.25) is 0 Å². The number of rotatable bonds is 11. The van der Waals surface area contributed by atoms with Crippen molar-refractivity contribution in [2.24, 2.45) is 11.3 Å². The molecule has 0 unspecified atom stereocenters. The van der Waals surface area contributed by atoms with Crippen molar-refractivity contribution in [2.75, 3.05) is 39.4 Å². The minimum atomic E-state index is -0.701. The molecule has 0 aromatic heterocycles. The van der Waals surface area contributed by atoms with Gasteiger partial charge in [0.1, 0.15) is 0 Å². The lowest BCUT2D eigenvalue weighted by molar-refractivity contribution is -0.137. The van der Waals surface area contributed by atoms with Gasteiger partial charge in [-0.2, -0.15) is 0 Å². The maximum Gasteiger partial charge on any atom is 0.304 e. The van der Waals surface area contributed by atoms with E-state index in [9.17, 15) is 4.79 Å². The molecule has 5 nitrogen and oxygen atoms in total. The second-order valence-electron chi connectivity index (χ2n) is 9.54. The minimum Gasteiger partial charge on any atom is -0.481 e. The number of carboxylic acid groups (broad SMARTS) is 1. The molecule has 2 atom stereocenters. The maximum atomic E-state index is 10.9. The molecule has 0 radical (unpaired) electrons. The summed E-state index contributed by atoms with van der Waals surface area (Å²) in [7, 11) is 0. The van der Waals surface area contributed by atoms with Gasteiger partial charge < -0.3 is 20.1 Å². The van der Waals surface area contributed by atoms with Gasteiger partial charge in [-0.25, -0.2) is 0 Å². The first kappa shape index (κ1) is 20.8. The smallest absolute Gasteiger partial charge is 0.304 e. The van der Waals surface area contributed by atoms with Crippen molar-refractivity contribution >= 4 is 5.97 Å². The summed E-state index contributed by atoms with van der Waals surface area (Å²) < 4.78 is 6.23. The van der Waals surface area contributed by atoms with Crippen molar-refractivity contribution < 1.29 is 14.6 Å². The summed E-state index contributed by atoms with van der Waals surface area (Å²) in [6.45, 7) is 5.40. The molecular formula is C24H36N2O3. The van der Waals surface area contributed by atoms with Gasteiger partial charge in [0, 0.05) is 37.1 Å². The molecule has 1 aromatic carbocycles. The molecular weight excluding hydrogens is 364 g/mol. The molecule has 1 aromatic rings. The number of carboxylic acids is 1. The van der Waals surface area contributed by atoms with Crippen LogP contribution in [0.2, 0.25) is 0 Å². The first-order valence-electron chi connectivity index (χ1n) is 11.4. The molecule has 1 aliphatic heterocycles. The average Bonchev–Trinajstić information content (AvgIpc) is 3.48. The Morgan fingerprint density at radius 1 is 1.21 bits per heavy atom. The zero-order valence-corrected chi connectivity index (χ0v) is 17.5. The molecule has 0 bridgehead atoms. The van der Waals surface area contributed by atoms with E-state index in [2.05, 4.69) is 40.5 Å². The highest BCUT2D eigenvalue weighted by atomic mass is 16.5. The Morgan fingerprint density at radius 3 is 2.62 bits per heavy atom. The highest BCUT2D eigenvalue weighted by Crippen LogP contribution is 2.42. The molecule has 29 heavy (non-hydrogen) atoms. The van der Waals surface area contributed by atoms with Crippen LogP contribution in [0.3, 0.4) is 0 Å². The van der Waals surface area contributed by atoms with Gasteiger partial charge in [-0.3, -0.25) is 4.79 Å². The molecule has 4 rings (SSSR count). The van der Waals surface area contributed by atoms with Crippen molar-refractivity contribution in [3.63, 3.8) is 0 Å². The third-order valence-electron chi connectivity index (χ3n) is 7.30. The Labute approximate surface area is 174 Å². The van der Waals surface area contributed by atoms with Gasteiger partial charge in [-0.1, -0.05) is 36.8 Å². The van der Waals surface area contributed by atoms with Crippen molar-refractivity contribution in [1.29, 1.82) is 0 Å². The Bertz CT molecular complexity index is 653. The van der Waals surface area contributed by atoms with Gasteiger partial charge in [0.25, 0.3) is 0 Å². The summed E-state index contributed by atoms with van der Waals surface area (Å²) in [5.41, 5.74) is 1.64. The fourth-order valence-corrected chi connectivity index (χ4v) is 4.82. The summed E-state index contributed by atoms with van der Waals surface area (Å²) >= 11 is 0. The minimum absolute atomic E-state index is 0.188. The largest absolute Gasteiger partial charge is 0.481 e. The van der Waals surface area contributed by atoms with Gasteiger partial charge in [0.15, 0.2) is 0 Å². The molecule has 0 spiro atoms. The SMILES string of the molecule is O=C(O)CCN1CCC(CN[C@@H]2C[C@H]2c2ccccc2)(COCC2CCC2)CC1. The molecule has 2 aliphatic carbocycles. The standard InChI is InChI=1S/C24H36N2O3/c27-23(28)9-12-26-13-10-24(11-14-26,18-29-16-19-5-4-6-19)17-25-22-15-21(22)20-7-2-1-3-8-20/h1-3,7-8,19,21-22,25H,4-6,9-18H2,(H,27,28)/t21-,22+/m0/s1. The number of aliphatic carboxylic acids is 1. The normalized spacial score (nSPS) is 26.8. The maximum absolute atomic E-state index is 10.9. The Morgan fingerprint density at radius 2 is 1.97 bits per heavy atom. The fourth-order valence-electron chi connectivity index (χ4n) is 4.82. The van der Waals surface area contributed by atoms with Crippen LogP contribution in [0, 0.1) is 11.3 Å². The number of ether oxygens (including phenoxy) is 1. The van der Waals surface area contributed by atoms with Crippen LogP contribution in [0.4, 0.5) is 0 Å². The third-order valence-corrected chi connectivity index (χ3v) is 7.30. The first-order chi connectivity index (χ1) is 14.1. The van der Waals surface area contributed by atoms with Crippen molar-refractivity contribution in [1.82, 2.24) is 10.2 Å². The number of hydrogen-bond acceptors (Lipinski definition) is 4. The molecule has 3 fully saturated rings. The van der Waals surface area contributed by atoms with Crippen LogP contribution in [0.5, 0.6) is 0 Å². The lowest BCUT2D eigenvalue weighted by Gasteiger charge is -2.42. The Kier molecular flexibility index (Phi) is 6.88. The second-order valence-corrected chi connectivity index (χ2v) is 9.54. The van der Waals surface area contributed by atoms with Crippen LogP contribution >= 0.6 is 0 Å². The van der Waals surface area contributed by atoms with Gasteiger partial charge in [-0.05, 0) is 56.7 Å². The number of likely N-dealkylation sites (tertiary alicyclic amines) is 1. The van der Waals surface area contributed by atoms with E-state index >= 15 is 0 Å². The predicted molar refractivity (Wildman–Crippen MR) is 114 cm³/mol. The van der Waals surface area contributed by atoms with E-state index in [1.807, 2.05) is 0 Å². The topological polar surface area (TPSA) is 61.8 Å². The summed E-state index contributed by atoms with van der Waals surface area (Å²) in [6, 6.07) is 11.4. The number of piperidine rings is 1. The Balaban J connectivity index is 1.27. The molecule has 3 aliphatic rings. The van der Waals surface area contributed by atoms with E-state index in [1.165, 1.54) is 31.2 Å². The third kappa shape index (κ3) is 5.80. The molecule has 1 heterocycles. The van der Waals surface area contributed by atoms with Crippen LogP contribution in [-0.4, -0.2) is 61.4 Å². The molecule has 2 N–H and O–H groups in total. The number of nitrogens with zero attached hydrogens (tertiary/aromatic N) is 1. The van der Waals surface area contributed by atoms with Gasteiger partial charge in [-0.15, -0.1) is 0 Å².